The molecule has 0 amide bonds. The fourth-order valence-electron chi connectivity index (χ4n) is 2.15. The lowest BCUT2D eigenvalue weighted by Gasteiger charge is -2.30. The minimum Gasteiger partial charge on any atom is -0.375 e. The maximum Gasteiger partial charge on any atom is 0.0790 e. The van der Waals surface area contributed by atoms with Crippen LogP contribution in [-0.4, -0.2) is 25.3 Å². The van der Waals surface area contributed by atoms with E-state index in [4.69, 9.17) is 4.74 Å². The van der Waals surface area contributed by atoms with Crippen LogP contribution in [0.1, 0.15) is 25.7 Å². The normalized spacial score (nSPS) is 31.2. The van der Waals surface area contributed by atoms with E-state index < -0.39 is 0 Å². The molecule has 2 fully saturated rings. The third-order valence-corrected chi connectivity index (χ3v) is 2.79. The number of quaternary nitrogens is 1. The first kappa shape index (κ1) is 6.62. The number of rotatable bonds is 0. The molecular weight excluding hydrogens is 126 g/mol. The fourth-order valence-corrected chi connectivity index (χ4v) is 2.15. The van der Waals surface area contributed by atoms with Crippen molar-refractivity contribution in [3.05, 3.63) is 0 Å². The van der Waals surface area contributed by atoms with Gasteiger partial charge in [-0.1, -0.05) is 0 Å². The second-order valence-electron chi connectivity index (χ2n) is 3.50. The minimum absolute atomic E-state index is 0.342. The van der Waals surface area contributed by atoms with Gasteiger partial charge in [-0.3, -0.25) is 0 Å². The first-order valence-electron chi connectivity index (χ1n) is 4.37. The molecule has 0 aliphatic carbocycles. The Morgan fingerprint density at radius 2 is 1.90 bits per heavy atom. The zero-order valence-corrected chi connectivity index (χ0v) is 6.44. The molecule has 2 nitrogen and oxygen atoms in total. The van der Waals surface area contributed by atoms with Gasteiger partial charge in [0.1, 0.15) is 0 Å². The van der Waals surface area contributed by atoms with Crippen LogP contribution in [0.5, 0.6) is 0 Å². The summed E-state index contributed by atoms with van der Waals surface area (Å²) in [7, 11) is 0. The van der Waals surface area contributed by atoms with E-state index in [1.54, 1.807) is 0 Å². The average molecular weight is 142 g/mol. The van der Waals surface area contributed by atoms with Gasteiger partial charge in [-0.15, -0.1) is 0 Å². The molecule has 0 radical (unpaired) electrons. The zero-order chi connectivity index (χ0) is 6.86. The Morgan fingerprint density at radius 1 is 1.10 bits per heavy atom. The minimum atomic E-state index is 0.342. The summed E-state index contributed by atoms with van der Waals surface area (Å²) in [4.78, 5) is 0. The Labute approximate surface area is 61.9 Å². The van der Waals surface area contributed by atoms with Crippen molar-refractivity contribution >= 4 is 0 Å². The van der Waals surface area contributed by atoms with Gasteiger partial charge in [-0.25, -0.2) is 0 Å². The van der Waals surface area contributed by atoms with Crippen molar-refractivity contribution < 1.29 is 10.1 Å². The van der Waals surface area contributed by atoms with E-state index in [-0.39, 0.29) is 0 Å². The molecular formula is C8H16NO+. The van der Waals surface area contributed by atoms with Crippen molar-refractivity contribution in [3.63, 3.8) is 0 Å². The van der Waals surface area contributed by atoms with Crippen molar-refractivity contribution in [3.8, 4) is 0 Å². The number of hydrogen-bond donors (Lipinski definition) is 1. The smallest absolute Gasteiger partial charge is 0.0790 e. The molecule has 1 spiro atoms. The second-order valence-corrected chi connectivity index (χ2v) is 3.50. The van der Waals surface area contributed by atoms with E-state index >= 15 is 0 Å². The molecule has 2 N–H and O–H groups in total. The van der Waals surface area contributed by atoms with Crippen LogP contribution in [0.15, 0.2) is 0 Å². The Bertz CT molecular complexity index is 110. The molecule has 2 aliphatic heterocycles. The largest absolute Gasteiger partial charge is 0.375 e. The molecule has 2 heterocycles. The van der Waals surface area contributed by atoms with Gasteiger partial charge >= 0.3 is 0 Å². The summed E-state index contributed by atoms with van der Waals surface area (Å²) in [5, 5.41) is 2.40. The molecule has 10 heavy (non-hydrogen) atoms. The summed E-state index contributed by atoms with van der Waals surface area (Å²) < 4.78 is 5.76. The number of nitrogens with two attached hydrogens (primary N) is 1. The van der Waals surface area contributed by atoms with E-state index in [1.165, 1.54) is 38.8 Å². The van der Waals surface area contributed by atoms with Gasteiger partial charge in [-0.05, 0) is 12.8 Å². The van der Waals surface area contributed by atoms with Gasteiger partial charge in [0.15, 0.2) is 0 Å². The third kappa shape index (κ3) is 1.06. The van der Waals surface area contributed by atoms with Crippen molar-refractivity contribution in [1.82, 2.24) is 0 Å². The number of hydrogen-bond acceptors (Lipinski definition) is 1. The van der Waals surface area contributed by atoms with Gasteiger partial charge < -0.3 is 10.1 Å². The first-order valence-corrected chi connectivity index (χ1v) is 4.37. The Balaban J connectivity index is 1.98. The van der Waals surface area contributed by atoms with E-state index in [0.29, 0.717) is 5.60 Å². The van der Waals surface area contributed by atoms with E-state index in [9.17, 15) is 0 Å². The van der Waals surface area contributed by atoms with Crippen molar-refractivity contribution in [2.45, 2.75) is 31.3 Å². The molecule has 2 aliphatic rings. The molecule has 2 rings (SSSR count). The highest BCUT2D eigenvalue weighted by atomic mass is 16.5. The highest BCUT2D eigenvalue weighted by molar-refractivity contribution is 4.85. The highest BCUT2D eigenvalue weighted by Gasteiger charge is 2.37. The van der Waals surface area contributed by atoms with Crippen LogP contribution in [-0.2, 0) is 4.74 Å². The molecule has 0 atom stereocenters. The lowest BCUT2D eigenvalue weighted by atomic mass is 9.90. The molecule has 0 aromatic heterocycles. The van der Waals surface area contributed by atoms with Crippen LogP contribution in [0.25, 0.3) is 0 Å². The van der Waals surface area contributed by atoms with Gasteiger partial charge in [0.25, 0.3) is 0 Å². The summed E-state index contributed by atoms with van der Waals surface area (Å²) >= 11 is 0. The maximum absolute atomic E-state index is 5.76. The first-order chi connectivity index (χ1) is 4.91. The second kappa shape index (κ2) is 2.51. The van der Waals surface area contributed by atoms with Gasteiger partial charge in [0.05, 0.1) is 18.7 Å². The molecule has 58 valence electrons. The lowest BCUT2D eigenvalue weighted by molar-refractivity contribution is -0.668. The molecule has 0 saturated carbocycles. The summed E-state index contributed by atoms with van der Waals surface area (Å²) in [5.41, 5.74) is 0.342. The van der Waals surface area contributed by atoms with Crippen LogP contribution in [0, 0.1) is 0 Å². The molecule has 0 bridgehead atoms. The van der Waals surface area contributed by atoms with Crippen LogP contribution >= 0.6 is 0 Å². The SMILES string of the molecule is C1COC2(C1)CC[NH2+]CC2. The number of piperidine rings is 1. The zero-order valence-electron chi connectivity index (χ0n) is 6.44. The molecule has 0 unspecified atom stereocenters. The average Bonchev–Trinajstić information content (AvgIpc) is 2.39. The van der Waals surface area contributed by atoms with E-state index in [0.717, 1.165) is 6.61 Å². The maximum atomic E-state index is 5.76. The summed E-state index contributed by atoms with van der Waals surface area (Å²) in [5.74, 6) is 0. The molecule has 2 saturated heterocycles. The Hall–Kier alpha value is -0.0800. The van der Waals surface area contributed by atoms with Crippen LogP contribution < -0.4 is 5.32 Å². The monoisotopic (exact) mass is 142 g/mol. The topological polar surface area (TPSA) is 25.8 Å². The van der Waals surface area contributed by atoms with Crippen molar-refractivity contribution in [2.75, 3.05) is 19.7 Å². The highest BCUT2D eigenvalue weighted by Crippen LogP contribution is 2.32. The van der Waals surface area contributed by atoms with Gasteiger partial charge in [0, 0.05) is 19.4 Å². The third-order valence-electron chi connectivity index (χ3n) is 2.79. The van der Waals surface area contributed by atoms with Crippen molar-refractivity contribution in [1.29, 1.82) is 0 Å². The summed E-state index contributed by atoms with van der Waals surface area (Å²) in [6.45, 7) is 3.57. The Kier molecular flexibility index (Phi) is 1.66. The molecule has 0 aromatic carbocycles. The van der Waals surface area contributed by atoms with Crippen LogP contribution in [0.4, 0.5) is 0 Å². The van der Waals surface area contributed by atoms with Gasteiger partial charge in [0.2, 0.25) is 0 Å². The molecule has 0 aromatic rings. The molecule has 2 heteroatoms. The standard InChI is InChI=1S/C8H15NO/c1-2-8(10-7-1)3-5-9-6-4-8/h9H,1-7H2/p+1. The van der Waals surface area contributed by atoms with Crippen molar-refractivity contribution in [2.24, 2.45) is 0 Å². The van der Waals surface area contributed by atoms with E-state index in [1.807, 2.05) is 0 Å². The van der Waals surface area contributed by atoms with Gasteiger partial charge in [-0.2, -0.15) is 0 Å². The predicted molar refractivity (Wildman–Crippen MR) is 38.8 cm³/mol. The predicted octanol–water partition coefficient (Wildman–Crippen LogP) is -0.107. The Morgan fingerprint density at radius 3 is 2.50 bits per heavy atom. The van der Waals surface area contributed by atoms with Crippen LogP contribution in [0.2, 0.25) is 0 Å². The summed E-state index contributed by atoms with van der Waals surface area (Å²) in [6.07, 6.45) is 5.18. The van der Waals surface area contributed by atoms with E-state index in [2.05, 4.69) is 5.32 Å². The number of ether oxygens (including phenoxy) is 1. The quantitative estimate of drug-likeness (QED) is 0.502. The lowest BCUT2D eigenvalue weighted by Crippen LogP contribution is -2.87. The van der Waals surface area contributed by atoms with Crippen LogP contribution in [0.3, 0.4) is 0 Å². The summed E-state index contributed by atoms with van der Waals surface area (Å²) in [6, 6.07) is 0. The fraction of sp³-hybridized carbons (Fsp3) is 1.00.